The van der Waals surface area contributed by atoms with E-state index in [4.69, 9.17) is 5.11 Å². The molecule has 0 bridgehead atoms. The first-order valence-electron chi connectivity index (χ1n) is 7.00. The minimum absolute atomic E-state index is 0.0506. The second-order valence-electron chi connectivity index (χ2n) is 5.22. The van der Waals surface area contributed by atoms with Crippen LogP contribution in [0.15, 0.2) is 41.2 Å². The predicted octanol–water partition coefficient (Wildman–Crippen LogP) is 1.03. The lowest BCUT2D eigenvalue weighted by Crippen LogP contribution is -2.32. The molecule has 0 aliphatic rings. The quantitative estimate of drug-likeness (QED) is 0.858. The molecule has 1 aromatic carbocycles. The molecule has 120 valence electrons. The summed E-state index contributed by atoms with van der Waals surface area (Å²) in [6.07, 6.45) is -0.249. The summed E-state index contributed by atoms with van der Waals surface area (Å²) in [5.74, 6) is -1.56. The maximum atomic E-state index is 12.3. The average Bonchev–Trinajstić information content (AvgIpc) is 2.49. The molecule has 1 aromatic heterocycles. The van der Waals surface area contributed by atoms with Crippen molar-refractivity contribution in [2.45, 2.75) is 19.4 Å². The summed E-state index contributed by atoms with van der Waals surface area (Å²) >= 11 is 0. The number of carboxylic acids is 1. The molecule has 0 spiro atoms. The number of rotatable bonds is 5. The highest BCUT2D eigenvalue weighted by Gasteiger charge is 2.20. The molecule has 7 nitrogen and oxygen atoms in total. The van der Waals surface area contributed by atoms with Gasteiger partial charge in [0.1, 0.15) is 5.69 Å². The Bertz CT molecular complexity index is 781. The molecule has 23 heavy (non-hydrogen) atoms. The van der Waals surface area contributed by atoms with Gasteiger partial charge in [-0.1, -0.05) is 29.8 Å². The van der Waals surface area contributed by atoms with E-state index in [0.717, 1.165) is 10.2 Å². The molecule has 7 heteroatoms. The highest BCUT2D eigenvalue weighted by atomic mass is 16.4. The van der Waals surface area contributed by atoms with Crippen LogP contribution < -0.4 is 10.9 Å². The van der Waals surface area contributed by atoms with Crippen molar-refractivity contribution in [1.29, 1.82) is 0 Å². The number of carboxylic acid groups (broad SMARTS) is 1. The van der Waals surface area contributed by atoms with E-state index in [1.807, 2.05) is 19.1 Å². The monoisotopic (exact) mass is 315 g/mol. The van der Waals surface area contributed by atoms with Crippen LogP contribution in [0.1, 0.15) is 34.1 Å². The third-order valence-electron chi connectivity index (χ3n) is 3.36. The number of carbonyl (C=O) groups is 2. The molecular formula is C16H17N3O4. The second-order valence-corrected chi connectivity index (χ2v) is 5.22. The zero-order valence-corrected chi connectivity index (χ0v) is 12.8. The van der Waals surface area contributed by atoms with E-state index in [2.05, 4.69) is 10.4 Å². The number of nitrogens with one attached hydrogen (secondary N) is 1. The molecule has 0 radical (unpaired) electrons. The lowest BCUT2D eigenvalue weighted by Gasteiger charge is -2.17. The number of aromatic nitrogens is 2. The van der Waals surface area contributed by atoms with Gasteiger partial charge in [-0.2, -0.15) is 5.10 Å². The Morgan fingerprint density at radius 2 is 1.87 bits per heavy atom. The number of aryl methyl sites for hydroxylation is 2. The SMILES string of the molecule is Cc1ccc([C@H](CC(=O)O)NC(=O)c2ccc(=O)n(C)n2)cc1. The molecule has 1 amide bonds. The van der Waals surface area contributed by atoms with Crippen molar-refractivity contribution in [3.8, 4) is 0 Å². The Balaban J connectivity index is 2.24. The van der Waals surface area contributed by atoms with E-state index in [1.165, 1.54) is 19.2 Å². The van der Waals surface area contributed by atoms with Gasteiger partial charge in [0.2, 0.25) is 0 Å². The predicted molar refractivity (Wildman–Crippen MR) is 83.1 cm³/mol. The van der Waals surface area contributed by atoms with Gasteiger partial charge in [0.15, 0.2) is 0 Å². The van der Waals surface area contributed by atoms with E-state index < -0.39 is 17.9 Å². The van der Waals surface area contributed by atoms with Gasteiger partial charge in [0.25, 0.3) is 11.5 Å². The largest absolute Gasteiger partial charge is 0.481 e. The summed E-state index contributed by atoms with van der Waals surface area (Å²) in [5.41, 5.74) is 1.45. The molecule has 2 rings (SSSR count). The fourth-order valence-corrected chi connectivity index (χ4v) is 2.08. The molecule has 0 unspecified atom stereocenters. The van der Waals surface area contributed by atoms with Gasteiger partial charge in [-0.05, 0) is 18.6 Å². The Morgan fingerprint density at radius 3 is 2.43 bits per heavy atom. The molecule has 0 saturated carbocycles. The standard InChI is InChI=1S/C16H17N3O4/c1-10-3-5-11(6-4-10)13(9-15(21)22)17-16(23)12-7-8-14(20)19(2)18-12/h3-8,13H,9H2,1-2H3,(H,17,23)(H,21,22)/t13-/m0/s1. The molecule has 1 atom stereocenters. The molecule has 0 saturated heterocycles. The van der Waals surface area contributed by atoms with E-state index in [0.29, 0.717) is 5.56 Å². The molecule has 1 heterocycles. The van der Waals surface area contributed by atoms with Gasteiger partial charge in [-0.15, -0.1) is 0 Å². The molecule has 0 aliphatic carbocycles. The van der Waals surface area contributed by atoms with Gasteiger partial charge >= 0.3 is 5.97 Å². The highest BCUT2D eigenvalue weighted by Crippen LogP contribution is 2.18. The zero-order valence-electron chi connectivity index (χ0n) is 12.8. The lowest BCUT2D eigenvalue weighted by molar-refractivity contribution is -0.137. The van der Waals surface area contributed by atoms with E-state index in [1.54, 1.807) is 12.1 Å². The Hall–Kier alpha value is -2.96. The van der Waals surface area contributed by atoms with Crippen LogP contribution in [-0.2, 0) is 11.8 Å². The van der Waals surface area contributed by atoms with Crippen molar-refractivity contribution in [2.24, 2.45) is 7.05 Å². The van der Waals surface area contributed by atoms with Crippen molar-refractivity contribution in [3.63, 3.8) is 0 Å². The van der Waals surface area contributed by atoms with Crippen LogP contribution in [0.3, 0.4) is 0 Å². The summed E-state index contributed by atoms with van der Waals surface area (Å²) in [4.78, 5) is 34.6. The molecular weight excluding hydrogens is 298 g/mol. The number of benzene rings is 1. The van der Waals surface area contributed by atoms with Crippen LogP contribution in [0, 0.1) is 6.92 Å². The topological polar surface area (TPSA) is 101 Å². The number of nitrogens with zero attached hydrogens (tertiary/aromatic N) is 2. The first kappa shape index (κ1) is 16.4. The van der Waals surface area contributed by atoms with Gasteiger partial charge in [0.05, 0.1) is 12.5 Å². The zero-order chi connectivity index (χ0) is 17.0. The maximum absolute atomic E-state index is 12.3. The van der Waals surface area contributed by atoms with Crippen LogP contribution in [0.5, 0.6) is 0 Å². The Labute approximate surface area is 132 Å². The molecule has 2 aromatic rings. The van der Waals surface area contributed by atoms with Crippen molar-refractivity contribution < 1.29 is 14.7 Å². The first-order chi connectivity index (χ1) is 10.9. The van der Waals surface area contributed by atoms with Crippen LogP contribution >= 0.6 is 0 Å². The smallest absolute Gasteiger partial charge is 0.305 e. The summed E-state index contributed by atoms with van der Waals surface area (Å²) in [6, 6.07) is 9.11. The normalized spacial score (nSPS) is 11.7. The fourth-order valence-electron chi connectivity index (χ4n) is 2.08. The van der Waals surface area contributed by atoms with E-state index in [9.17, 15) is 14.4 Å². The summed E-state index contributed by atoms with van der Waals surface area (Å²) in [5, 5.41) is 15.6. The van der Waals surface area contributed by atoms with Gasteiger partial charge < -0.3 is 10.4 Å². The summed E-state index contributed by atoms with van der Waals surface area (Å²) < 4.78 is 1.05. The molecule has 2 N–H and O–H groups in total. The highest BCUT2D eigenvalue weighted by molar-refractivity contribution is 5.92. The second kappa shape index (κ2) is 6.87. The molecule has 0 fully saturated rings. The van der Waals surface area contributed by atoms with Crippen molar-refractivity contribution in [3.05, 3.63) is 63.6 Å². The average molecular weight is 315 g/mol. The van der Waals surface area contributed by atoms with Crippen molar-refractivity contribution in [1.82, 2.24) is 15.1 Å². The number of hydrogen-bond acceptors (Lipinski definition) is 4. The minimum Gasteiger partial charge on any atom is -0.481 e. The first-order valence-corrected chi connectivity index (χ1v) is 7.00. The van der Waals surface area contributed by atoms with Crippen LogP contribution in [0.25, 0.3) is 0 Å². The van der Waals surface area contributed by atoms with Crippen molar-refractivity contribution >= 4 is 11.9 Å². The van der Waals surface area contributed by atoms with Gasteiger partial charge in [-0.25, -0.2) is 4.68 Å². The Kier molecular flexibility index (Phi) is 4.90. The lowest BCUT2D eigenvalue weighted by atomic mass is 10.0. The maximum Gasteiger partial charge on any atom is 0.305 e. The van der Waals surface area contributed by atoms with Crippen LogP contribution in [-0.4, -0.2) is 26.8 Å². The third-order valence-corrected chi connectivity index (χ3v) is 3.36. The van der Waals surface area contributed by atoms with Gasteiger partial charge in [-0.3, -0.25) is 14.4 Å². The van der Waals surface area contributed by atoms with Crippen molar-refractivity contribution in [2.75, 3.05) is 0 Å². The Morgan fingerprint density at radius 1 is 1.22 bits per heavy atom. The molecule has 0 aliphatic heterocycles. The fraction of sp³-hybridized carbons (Fsp3) is 0.250. The number of hydrogen-bond donors (Lipinski definition) is 2. The van der Waals surface area contributed by atoms with E-state index >= 15 is 0 Å². The van der Waals surface area contributed by atoms with Crippen LogP contribution in [0.4, 0.5) is 0 Å². The summed E-state index contributed by atoms with van der Waals surface area (Å²) in [7, 11) is 1.44. The number of amides is 1. The van der Waals surface area contributed by atoms with Crippen LogP contribution in [0.2, 0.25) is 0 Å². The van der Waals surface area contributed by atoms with E-state index in [-0.39, 0.29) is 17.7 Å². The minimum atomic E-state index is -1.02. The summed E-state index contributed by atoms with van der Waals surface area (Å²) in [6.45, 7) is 1.92. The number of aliphatic carboxylic acids is 1. The van der Waals surface area contributed by atoms with Gasteiger partial charge in [0, 0.05) is 13.1 Å². The number of carbonyl (C=O) groups excluding carboxylic acids is 1. The third kappa shape index (κ3) is 4.26.